The maximum atomic E-state index is 11.2. The number of hydrogen-bond acceptors (Lipinski definition) is 4. The Balaban J connectivity index is 1.97. The Morgan fingerprint density at radius 3 is 3.18 bits per heavy atom. The van der Waals surface area contributed by atoms with Crippen LogP contribution in [0, 0.1) is 0 Å². The number of hydrogen-bond donors (Lipinski definition) is 2. The van der Waals surface area contributed by atoms with E-state index in [1.807, 2.05) is 12.1 Å². The van der Waals surface area contributed by atoms with Gasteiger partial charge in [-0.2, -0.15) is 0 Å². The highest BCUT2D eigenvalue weighted by molar-refractivity contribution is 5.76. The summed E-state index contributed by atoms with van der Waals surface area (Å²) in [4.78, 5) is 17.7. The zero-order valence-electron chi connectivity index (χ0n) is 9.85. The molecule has 1 amide bonds. The molecule has 1 aromatic heterocycles. The number of aromatic nitrogens is 1. The summed E-state index contributed by atoms with van der Waals surface area (Å²) in [5, 5.41) is 2.87. The fourth-order valence-electron chi connectivity index (χ4n) is 1.97. The number of rotatable bonds is 3. The molecule has 17 heavy (non-hydrogen) atoms. The molecule has 1 aliphatic rings. The first-order chi connectivity index (χ1) is 8.28. The van der Waals surface area contributed by atoms with Gasteiger partial charge in [0.2, 0.25) is 5.91 Å². The molecule has 92 valence electrons. The number of carbonyl (C=O) groups is 1. The predicted molar refractivity (Wildman–Crippen MR) is 65.0 cm³/mol. The average molecular weight is 234 g/mol. The number of nitrogens with zero attached hydrogens (tertiary/aromatic N) is 2. The zero-order valence-corrected chi connectivity index (χ0v) is 9.85. The smallest absolute Gasteiger partial charge is 0.221 e. The van der Waals surface area contributed by atoms with Crippen LogP contribution in [0.1, 0.15) is 17.7 Å². The molecule has 0 atom stereocenters. The van der Waals surface area contributed by atoms with E-state index in [0.717, 1.165) is 31.9 Å². The van der Waals surface area contributed by atoms with E-state index in [-0.39, 0.29) is 5.91 Å². The van der Waals surface area contributed by atoms with E-state index in [9.17, 15) is 4.79 Å². The summed E-state index contributed by atoms with van der Waals surface area (Å²) in [6, 6.07) is 4.03. The van der Waals surface area contributed by atoms with Gasteiger partial charge in [0.05, 0.1) is 5.69 Å². The lowest BCUT2D eigenvalue weighted by atomic mass is 10.2. The standard InChI is InChI=1S/C12H18N4O/c13-8-11-7-10(1-3-14-11)9-16-5-2-12(17)15-4-6-16/h1,3,7H,2,4-6,8-9,13H2,(H,15,17). The lowest BCUT2D eigenvalue weighted by Crippen LogP contribution is -2.28. The van der Waals surface area contributed by atoms with Gasteiger partial charge >= 0.3 is 0 Å². The van der Waals surface area contributed by atoms with Crippen molar-refractivity contribution in [1.29, 1.82) is 0 Å². The highest BCUT2D eigenvalue weighted by Gasteiger charge is 2.13. The summed E-state index contributed by atoms with van der Waals surface area (Å²) in [6.45, 7) is 3.75. The van der Waals surface area contributed by atoms with Crippen LogP contribution in [0.4, 0.5) is 0 Å². The van der Waals surface area contributed by atoms with Gasteiger partial charge in [0, 0.05) is 45.3 Å². The summed E-state index contributed by atoms with van der Waals surface area (Å²) in [5.74, 6) is 0.143. The SMILES string of the molecule is NCc1cc(CN2CCNC(=O)CC2)ccn1. The minimum Gasteiger partial charge on any atom is -0.355 e. The van der Waals surface area contributed by atoms with Gasteiger partial charge in [-0.1, -0.05) is 0 Å². The van der Waals surface area contributed by atoms with Crippen molar-refractivity contribution in [1.82, 2.24) is 15.2 Å². The van der Waals surface area contributed by atoms with Crippen LogP contribution < -0.4 is 11.1 Å². The van der Waals surface area contributed by atoms with Gasteiger partial charge in [-0.05, 0) is 17.7 Å². The Morgan fingerprint density at radius 2 is 2.35 bits per heavy atom. The predicted octanol–water partition coefficient (Wildman–Crippen LogP) is -0.138. The highest BCUT2D eigenvalue weighted by atomic mass is 16.1. The average Bonchev–Trinajstić information content (AvgIpc) is 2.55. The third-order valence-corrected chi connectivity index (χ3v) is 2.90. The van der Waals surface area contributed by atoms with Gasteiger partial charge in [0.25, 0.3) is 0 Å². The molecule has 5 heteroatoms. The molecule has 1 aliphatic heterocycles. The number of nitrogens with one attached hydrogen (secondary N) is 1. The van der Waals surface area contributed by atoms with Crippen LogP contribution >= 0.6 is 0 Å². The van der Waals surface area contributed by atoms with E-state index in [1.165, 1.54) is 5.56 Å². The van der Waals surface area contributed by atoms with Crippen LogP contribution in [0.3, 0.4) is 0 Å². The topological polar surface area (TPSA) is 71.2 Å². The lowest BCUT2D eigenvalue weighted by Gasteiger charge is -2.19. The van der Waals surface area contributed by atoms with Crippen molar-refractivity contribution in [2.75, 3.05) is 19.6 Å². The van der Waals surface area contributed by atoms with Crippen LogP contribution in [0.2, 0.25) is 0 Å². The minimum atomic E-state index is 0.143. The van der Waals surface area contributed by atoms with E-state index in [2.05, 4.69) is 15.2 Å². The van der Waals surface area contributed by atoms with E-state index in [4.69, 9.17) is 5.73 Å². The summed E-state index contributed by atoms with van der Waals surface area (Å²) >= 11 is 0. The van der Waals surface area contributed by atoms with Crippen molar-refractivity contribution < 1.29 is 4.79 Å². The molecule has 0 aromatic carbocycles. The monoisotopic (exact) mass is 234 g/mol. The normalized spacial score (nSPS) is 17.6. The Labute approximate surface area is 101 Å². The fourth-order valence-corrected chi connectivity index (χ4v) is 1.97. The Hall–Kier alpha value is -1.46. The molecular weight excluding hydrogens is 216 g/mol. The second-order valence-electron chi connectivity index (χ2n) is 4.24. The van der Waals surface area contributed by atoms with Crippen LogP contribution in [-0.4, -0.2) is 35.4 Å². The van der Waals surface area contributed by atoms with E-state index in [0.29, 0.717) is 13.0 Å². The molecule has 1 saturated heterocycles. The Bertz CT molecular complexity index is 394. The summed E-state index contributed by atoms with van der Waals surface area (Å²) in [7, 11) is 0. The molecule has 0 spiro atoms. The van der Waals surface area contributed by atoms with Crippen LogP contribution in [-0.2, 0) is 17.9 Å². The number of nitrogens with two attached hydrogens (primary N) is 1. The fraction of sp³-hybridized carbons (Fsp3) is 0.500. The number of amides is 1. The molecule has 0 radical (unpaired) electrons. The second kappa shape index (κ2) is 5.75. The van der Waals surface area contributed by atoms with Crippen molar-refractivity contribution in [3.05, 3.63) is 29.6 Å². The van der Waals surface area contributed by atoms with E-state index >= 15 is 0 Å². The quantitative estimate of drug-likeness (QED) is 0.764. The van der Waals surface area contributed by atoms with Crippen molar-refractivity contribution in [3.63, 3.8) is 0 Å². The Kier molecular flexibility index (Phi) is 4.06. The van der Waals surface area contributed by atoms with Gasteiger partial charge < -0.3 is 11.1 Å². The minimum absolute atomic E-state index is 0.143. The van der Waals surface area contributed by atoms with Gasteiger partial charge in [-0.15, -0.1) is 0 Å². The summed E-state index contributed by atoms with van der Waals surface area (Å²) < 4.78 is 0. The third kappa shape index (κ3) is 3.51. The molecule has 0 aliphatic carbocycles. The van der Waals surface area contributed by atoms with E-state index in [1.54, 1.807) is 6.20 Å². The largest absolute Gasteiger partial charge is 0.355 e. The molecule has 2 heterocycles. The van der Waals surface area contributed by atoms with Crippen molar-refractivity contribution in [2.24, 2.45) is 5.73 Å². The van der Waals surface area contributed by atoms with Gasteiger partial charge in [0.15, 0.2) is 0 Å². The summed E-state index contributed by atoms with van der Waals surface area (Å²) in [5.41, 5.74) is 7.68. The Morgan fingerprint density at radius 1 is 1.47 bits per heavy atom. The van der Waals surface area contributed by atoms with Crippen molar-refractivity contribution in [3.8, 4) is 0 Å². The molecule has 3 N–H and O–H groups in total. The van der Waals surface area contributed by atoms with Gasteiger partial charge in [-0.25, -0.2) is 0 Å². The maximum absolute atomic E-state index is 11.2. The van der Waals surface area contributed by atoms with Crippen LogP contribution in [0.15, 0.2) is 18.3 Å². The van der Waals surface area contributed by atoms with E-state index < -0.39 is 0 Å². The molecule has 1 fully saturated rings. The van der Waals surface area contributed by atoms with Crippen molar-refractivity contribution >= 4 is 5.91 Å². The summed E-state index contributed by atoms with van der Waals surface area (Å²) in [6.07, 6.45) is 2.37. The second-order valence-corrected chi connectivity index (χ2v) is 4.24. The zero-order chi connectivity index (χ0) is 12.1. The molecule has 0 unspecified atom stereocenters. The number of pyridine rings is 1. The molecular formula is C12H18N4O. The van der Waals surface area contributed by atoms with Gasteiger partial charge in [-0.3, -0.25) is 14.7 Å². The van der Waals surface area contributed by atoms with Gasteiger partial charge in [0.1, 0.15) is 0 Å². The molecule has 5 nitrogen and oxygen atoms in total. The molecule has 0 saturated carbocycles. The van der Waals surface area contributed by atoms with Crippen LogP contribution in [0.5, 0.6) is 0 Å². The number of carbonyl (C=O) groups excluding carboxylic acids is 1. The van der Waals surface area contributed by atoms with Crippen molar-refractivity contribution in [2.45, 2.75) is 19.5 Å². The third-order valence-electron chi connectivity index (χ3n) is 2.90. The maximum Gasteiger partial charge on any atom is 0.221 e. The first kappa shape index (κ1) is 12.0. The first-order valence-electron chi connectivity index (χ1n) is 5.91. The highest BCUT2D eigenvalue weighted by Crippen LogP contribution is 2.07. The van der Waals surface area contributed by atoms with Crippen LogP contribution in [0.25, 0.3) is 0 Å². The molecule has 0 bridgehead atoms. The molecule has 2 rings (SSSR count). The first-order valence-corrected chi connectivity index (χ1v) is 5.91. The molecule has 1 aromatic rings. The lowest BCUT2D eigenvalue weighted by molar-refractivity contribution is -0.120.